The number of hydrogen-bond acceptors (Lipinski definition) is 18. The molecule has 0 saturated carbocycles. The van der Waals surface area contributed by atoms with E-state index >= 15 is 17.6 Å². The van der Waals surface area contributed by atoms with Crippen molar-refractivity contribution in [1.29, 1.82) is 0 Å². The number of carbonyl (C=O) groups excluding carboxylic acids is 6. The number of aliphatic hydroxyl groups is 3. The molecule has 4 atom stereocenters. The molecule has 464 valence electrons. The highest BCUT2D eigenvalue weighted by molar-refractivity contribution is 6.32. The number of hydrogen-bond donors (Lipinski definition) is 9. The van der Waals surface area contributed by atoms with E-state index in [1.54, 1.807) is 6.92 Å². The molecule has 89 heavy (non-hydrogen) atoms. The van der Waals surface area contributed by atoms with E-state index in [-0.39, 0.29) is 36.6 Å². The number of aliphatic hydroxyl groups excluding tert-OH is 3. The van der Waals surface area contributed by atoms with Crippen molar-refractivity contribution in [1.82, 2.24) is 44.7 Å². The van der Waals surface area contributed by atoms with Crippen molar-refractivity contribution in [3.8, 4) is 17.2 Å². The van der Waals surface area contributed by atoms with Gasteiger partial charge in [0.25, 0.3) is 35.4 Å². The fourth-order valence-corrected chi connectivity index (χ4v) is 12.4. The molecule has 0 bridgehead atoms. The van der Waals surface area contributed by atoms with Crippen LogP contribution in [0, 0.1) is 29.1 Å². The van der Waals surface area contributed by atoms with Gasteiger partial charge in [0, 0.05) is 50.9 Å². The summed E-state index contributed by atoms with van der Waals surface area (Å²) in [6.07, 6.45) is -5.56. The number of nitrogens with zero attached hydrogens (tertiary/aromatic N) is 9. The molecule has 6 amide bonds. The van der Waals surface area contributed by atoms with Crippen molar-refractivity contribution in [3.05, 3.63) is 185 Å². The Kier molecular flexibility index (Phi) is 14.4. The molecule has 6 aromatic rings. The van der Waals surface area contributed by atoms with Gasteiger partial charge in [-0.2, -0.15) is 0 Å². The third-order valence-corrected chi connectivity index (χ3v) is 17.2. The van der Waals surface area contributed by atoms with Crippen molar-refractivity contribution >= 4 is 58.6 Å². The number of halogens is 7. The monoisotopic (exact) mass is 1280 g/mol. The van der Waals surface area contributed by atoms with Crippen molar-refractivity contribution in [2.75, 3.05) is 55.0 Å². The van der Waals surface area contributed by atoms with Gasteiger partial charge in [0.15, 0.2) is 34.3 Å². The van der Waals surface area contributed by atoms with Crippen LogP contribution in [0.25, 0.3) is 0 Å². The summed E-state index contributed by atoms with van der Waals surface area (Å²) in [5, 5.41) is 75.6. The van der Waals surface area contributed by atoms with E-state index in [4.69, 9.17) is 23.2 Å². The number of nitrogens with one attached hydrogen (secondary N) is 3. The number of benzene rings is 3. The van der Waals surface area contributed by atoms with Crippen molar-refractivity contribution in [2.24, 2.45) is 0 Å². The molecule has 3 aromatic carbocycles. The summed E-state index contributed by atoms with van der Waals surface area (Å²) >= 11 is 12.8. The Morgan fingerprint density at radius 3 is 1.34 bits per heavy atom. The average Bonchev–Trinajstić information content (AvgIpc) is 1.66. The van der Waals surface area contributed by atoms with Crippen LogP contribution in [0.3, 0.4) is 0 Å². The first-order chi connectivity index (χ1) is 42.1. The van der Waals surface area contributed by atoms with E-state index < -0.39 is 235 Å². The lowest BCUT2D eigenvalue weighted by atomic mass is 10.0. The van der Waals surface area contributed by atoms with Gasteiger partial charge in [-0.3, -0.25) is 58.2 Å². The van der Waals surface area contributed by atoms with Crippen molar-refractivity contribution in [3.63, 3.8) is 0 Å². The minimum Gasteiger partial charge on any atom is -0.502 e. The summed E-state index contributed by atoms with van der Waals surface area (Å²) < 4.78 is 80.4. The van der Waals surface area contributed by atoms with Gasteiger partial charge in [0.05, 0.1) is 46.8 Å². The Balaban J connectivity index is 0.734. The predicted molar refractivity (Wildman–Crippen MR) is 295 cm³/mol. The van der Waals surface area contributed by atoms with Crippen LogP contribution in [-0.4, -0.2) is 141 Å². The maximum absolute atomic E-state index is 16.1. The van der Waals surface area contributed by atoms with Crippen LogP contribution in [0.5, 0.6) is 17.2 Å². The second kappa shape index (κ2) is 21.5. The lowest BCUT2D eigenvalue weighted by Gasteiger charge is -2.41. The summed E-state index contributed by atoms with van der Waals surface area (Å²) in [4.78, 5) is 126. The topological polar surface area (TPSA) is 345 Å². The van der Waals surface area contributed by atoms with E-state index in [1.165, 1.54) is 34.1 Å². The molecular weight excluding hydrogens is 1230 g/mol. The molecule has 0 fully saturated rings. The molecule has 4 unspecified atom stereocenters. The highest BCUT2D eigenvalue weighted by Gasteiger charge is 2.48. The van der Waals surface area contributed by atoms with Crippen LogP contribution in [0.15, 0.2) is 50.8 Å². The lowest BCUT2D eigenvalue weighted by molar-refractivity contribution is 0.0652. The summed E-state index contributed by atoms with van der Waals surface area (Å²) in [6.45, 7) is -4.07. The Hall–Kier alpha value is -9.76. The van der Waals surface area contributed by atoms with E-state index in [0.717, 1.165) is 41.0 Å². The Morgan fingerprint density at radius 2 is 0.921 bits per heavy atom. The Bertz CT molecular complexity index is 4420. The Morgan fingerprint density at radius 1 is 0.551 bits per heavy atom. The number of rotatable bonds is 13. The number of aromatic nitrogens is 3. The van der Waals surface area contributed by atoms with E-state index in [0.29, 0.717) is 17.7 Å². The van der Waals surface area contributed by atoms with Gasteiger partial charge in [0.1, 0.15) is 83.6 Å². The van der Waals surface area contributed by atoms with Crippen LogP contribution in [0.2, 0.25) is 10.0 Å². The normalized spacial score (nSPS) is 18.7. The summed E-state index contributed by atoms with van der Waals surface area (Å²) in [5.41, 5.74) is -12.0. The van der Waals surface area contributed by atoms with Crippen molar-refractivity contribution < 1.29 is 81.4 Å². The highest BCUT2D eigenvalue weighted by Crippen LogP contribution is 2.39. The molecule has 12 rings (SSSR count). The number of carbonyl (C=O) groups is 6. The van der Waals surface area contributed by atoms with Crippen LogP contribution >= 0.6 is 23.2 Å². The summed E-state index contributed by atoms with van der Waals surface area (Å²) in [6, 6.07) is 6.44. The second-order valence-corrected chi connectivity index (χ2v) is 22.4. The fourth-order valence-electron chi connectivity index (χ4n) is 12.0. The van der Waals surface area contributed by atoms with Gasteiger partial charge >= 0.3 is 0 Å². The summed E-state index contributed by atoms with van der Waals surface area (Å²) in [7, 11) is 1.40. The molecule has 34 heteroatoms. The van der Waals surface area contributed by atoms with Crippen LogP contribution in [-0.2, 0) is 32.7 Å². The van der Waals surface area contributed by atoms with Gasteiger partial charge in [-0.05, 0) is 47.9 Å². The fraction of sp³-hybridized carbons (Fsp3) is 0.291. The minimum absolute atomic E-state index is 0.189. The minimum atomic E-state index is -1.77. The zero-order chi connectivity index (χ0) is 64.0. The molecule has 0 radical (unpaired) electrons. The largest absolute Gasteiger partial charge is 0.502 e. The molecule has 9 N–H and O–H groups in total. The smallest absolute Gasteiger partial charge is 0.278 e. The van der Waals surface area contributed by atoms with Gasteiger partial charge in [-0.1, -0.05) is 35.3 Å². The van der Waals surface area contributed by atoms with Gasteiger partial charge < -0.3 is 61.3 Å². The third-order valence-electron chi connectivity index (χ3n) is 16.4. The summed E-state index contributed by atoms with van der Waals surface area (Å²) in [5.74, 6) is -16.6. The van der Waals surface area contributed by atoms with Crippen LogP contribution in [0.1, 0.15) is 133 Å². The van der Waals surface area contributed by atoms with E-state index in [2.05, 4.69) is 16.0 Å². The van der Waals surface area contributed by atoms with Crippen molar-refractivity contribution in [2.45, 2.75) is 64.1 Å². The maximum atomic E-state index is 16.1. The van der Waals surface area contributed by atoms with Crippen LogP contribution in [0.4, 0.5) is 22.0 Å². The lowest BCUT2D eigenvalue weighted by Crippen LogP contribution is -2.57. The first-order valence-corrected chi connectivity index (χ1v) is 27.5. The zero-order valence-electron chi connectivity index (χ0n) is 45.9. The molecular formula is C55H45Cl2F5N12O15. The van der Waals surface area contributed by atoms with Gasteiger partial charge in [-0.25, -0.2) is 36.0 Å². The molecule has 3 aromatic heterocycles. The molecule has 6 aliphatic heterocycles. The Labute approximate surface area is 504 Å². The zero-order valence-corrected chi connectivity index (χ0v) is 47.4. The van der Waals surface area contributed by atoms with Crippen LogP contribution < -0.4 is 47.3 Å². The van der Waals surface area contributed by atoms with E-state index in [1.807, 2.05) is 0 Å². The highest BCUT2D eigenvalue weighted by atomic mass is 35.5. The standard InChI is InChI=1S/C55H45Cl2F5N12O15/c1-19-66(2)53(87)41-47(81)46(80)33(40-30(77)16-71(19)74(40)41)52(86)65-11-25-27(60)8-22(35(57)37(25)62)13-68-18-70-15-29(76)39-32(45(79)49(83)43(55(68)89)73(39)70)51(85)64-10-24-26(59)7-21(34(56)36(24)61)12-67-17-69-14-28(75)38-31(44(78)48(82)42(54(67)88)72(38)69)50(84)63-9-20-3-5-23(58)6-4-20/h3-8,19,28-30,75-77,81-83H,9-18H2,1-2H3,(H,63,84)(H,64,85)(H,65,86). The average molecular weight is 1280 g/mol. The molecule has 0 aliphatic carbocycles. The predicted octanol–water partition coefficient (Wildman–Crippen LogP) is 0.694. The van der Waals surface area contributed by atoms with E-state index in [9.17, 15) is 78.2 Å². The first-order valence-electron chi connectivity index (χ1n) is 26.8. The van der Waals surface area contributed by atoms with Gasteiger partial charge in [-0.15, -0.1) is 0 Å². The maximum Gasteiger partial charge on any atom is 0.278 e. The number of pyridine rings is 3. The molecule has 27 nitrogen and oxygen atoms in total. The quantitative estimate of drug-likeness (QED) is 0.0567. The van der Waals surface area contributed by atoms with Gasteiger partial charge in [0.2, 0.25) is 16.3 Å². The molecule has 0 spiro atoms. The SMILES string of the molecule is CC1N(C)C(=O)c2c(O)c(=O)c(C(=O)NCc3c(F)cc(CN4CN5CC(O)c6c(C(=O)NCc7c(F)cc(CN8CN9CC(O)c%10c(C(=O)NCc%11ccc(F)cc%11)c(=O)c(O)c(n%109)C8=O)c(Cl)c7F)c(=O)c(O)c(n65)C4=O)c(Cl)c3F)c3n2N1CC3O. The first kappa shape index (κ1) is 59.6. The molecule has 9 heterocycles. The third kappa shape index (κ3) is 9.13. The number of aromatic hydroxyl groups is 3. The molecule has 0 saturated heterocycles. The number of amides is 6. The second-order valence-electron chi connectivity index (χ2n) is 21.6. The molecule has 6 aliphatic rings.